The highest BCUT2D eigenvalue weighted by Crippen LogP contribution is 2.42. The first-order valence-corrected chi connectivity index (χ1v) is 12.1. The zero-order valence-electron chi connectivity index (χ0n) is 20.1. The minimum absolute atomic E-state index is 0.269. The van der Waals surface area contributed by atoms with Crippen LogP contribution in [0.2, 0.25) is 0 Å². The monoisotopic (exact) mass is 528 g/mol. The predicted molar refractivity (Wildman–Crippen MR) is 124 cm³/mol. The number of ether oxygens (including phenoxy) is 2. The van der Waals surface area contributed by atoms with Crippen LogP contribution in [0.1, 0.15) is 27.0 Å². The number of carbonyl (C=O) groups excluding carboxylic acids is 1. The number of hydrogen-bond acceptors (Lipinski definition) is 9. The maximum atomic E-state index is 15.4. The van der Waals surface area contributed by atoms with Crippen LogP contribution < -0.4 is 16.1 Å². The lowest BCUT2D eigenvalue weighted by Crippen LogP contribution is -2.44. The molecule has 2 N–H and O–H groups in total. The van der Waals surface area contributed by atoms with E-state index in [-0.39, 0.29) is 5.75 Å². The molecule has 1 aromatic carbocycles. The molecule has 14 heteroatoms. The van der Waals surface area contributed by atoms with Crippen LogP contribution in [0.4, 0.5) is 4.39 Å². The number of aromatic amines is 1. The summed E-state index contributed by atoms with van der Waals surface area (Å²) in [6, 6.07) is 8.12. The number of para-hydroxylation sites is 1. The van der Waals surface area contributed by atoms with Crippen molar-refractivity contribution in [2.75, 3.05) is 13.7 Å². The van der Waals surface area contributed by atoms with E-state index in [0.29, 0.717) is 0 Å². The number of hydroxylamine groups is 1. The smallest absolute Gasteiger partial charge is 0.468 e. The molecule has 12 nitrogen and oxygen atoms in total. The van der Waals surface area contributed by atoms with Gasteiger partial charge in [0.2, 0.25) is 0 Å². The molecule has 1 aromatic heterocycles. The lowest BCUT2D eigenvalue weighted by Gasteiger charge is -2.24. The molecule has 0 aliphatic carbocycles. The summed E-state index contributed by atoms with van der Waals surface area (Å²) in [6.07, 6.45) is -3.69. The molecule has 1 aliphatic rings. The second kappa shape index (κ2) is 11.4. The van der Waals surface area contributed by atoms with Crippen LogP contribution in [-0.4, -0.2) is 63.1 Å². The van der Waals surface area contributed by atoms with E-state index in [1.807, 2.05) is 4.98 Å². The summed E-state index contributed by atoms with van der Waals surface area (Å²) < 4.78 is 45.1. The number of benzene rings is 1. The van der Waals surface area contributed by atoms with Gasteiger partial charge in [-0.15, -0.1) is 4.52 Å². The Hall–Kier alpha value is -2.96. The van der Waals surface area contributed by atoms with E-state index in [0.717, 1.165) is 28.6 Å². The molecular formula is C22H28FN3O9P+. The summed E-state index contributed by atoms with van der Waals surface area (Å²) >= 11 is 0. The fourth-order valence-corrected chi connectivity index (χ4v) is 4.79. The number of aliphatic hydroxyl groups excluding tert-OH is 1. The van der Waals surface area contributed by atoms with E-state index in [9.17, 15) is 24.1 Å². The maximum Gasteiger partial charge on any atom is 0.653 e. The summed E-state index contributed by atoms with van der Waals surface area (Å²) in [5, 5.41) is 10.5. The number of rotatable bonds is 10. The third-order valence-corrected chi connectivity index (χ3v) is 6.61. The van der Waals surface area contributed by atoms with Gasteiger partial charge in [0.25, 0.3) is 5.56 Å². The van der Waals surface area contributed by atoms with E-state index in [4.69, 9.17) is 18.8 Å². The van der Waals surface area contributed by atoms with E-state index < -0.39 is 68.1 Å². The molecule has 2 aromatic rings. The highest BCUT2D eigenvalue weighted by molar-refractivity contribution is 7.36. The summed E-state index contributed by atoms with van der Waals surface area (Å²) in [7, 11) is -1.72. The maximum absolute atomic E-state index is 15.4. The standard InChI is InChI=1S/C22H27FN3O9P/c1-13(2)17(19(29)32-4)26(35-14-8-6-5-7-9-14)36(31)33-12-15-18(28)22(3,23)20(34-15)25-11-10-16(27)24-21(25)30/h5-11,13,15,17-18,20,28H,12H2,1-4H3/p+1/t15-,17?,18-,20-,22-/m1/s1. The molecule has 2 unspecified atom stereocenters. The number of nitrogens with zero attached hydrogens (tertiary/aromatic N) is 2. The molecule has 0 saturated carbocycles. The Kier molecular flexibility index (Phi) is 8.75. The molecule has 36 heavy (non-hydrogen) atoms. The number of alkyl halides is 1. The number of aromatic nitrogens is 2. The Morgan fingerprint density at radius 2 is 1.97 bits per heavy atom. The molecule has 3 rings (SSSR count). The van der Waals surface area contributed by atoms with Crippen LogP contribution >= 0.6 is 8.18 Å². The van der Waals surface area contributed by atoms with Crippen LogP contribution in [0, 0.1) is 5.92 Å². The van der Waals surface area contributed by atoms with Crippen molar-refractivity contribution < 1.29 is 37.7 Å². The predicted octanol–water partition coefficient (Wildman–Crippen LogP) is 1.69. The molecule has 0 radical (unpaired) electrons. The number of aliphatic hydroxyl groups is 1. The first kappa shape index (κ1) is 27.6. The molecule has 196 valence electrons. The Balaban J connectivity index is 1.80. The molecule has 1 aliphatic heterocycles. The molecule has 0 bridgehead atoms. The van der Waals surface area contributed by atoms with Crippen LogP contribution in [0.15, 0.2) is 52.2 Å². The molecular weight excluding hydrogens is 500 g/mol. The first-order chi connectivity index (χ1) is 17.0. The molecule has 1 fully saturated rings. The number of halogens is 1. The van der Waals surface area contributed by atoms with Crippen LogP contribution in [0.3, 0.4) is 0 Å². The largest absolute Gasteiger partial charge is 0.653 e. The van der Waals surface area contributed by atoms with Gasteiger partial charge >= 0.3 is 19.8 Å². The molecule has 1 saturated heterocycles. The van der Waals surface area contributed by atoms with Crippen molar-refractivity contribution in [1.82, 2.24) is 14.4 Å². The average Bonchev–Trinajstić information content (AvgIpc) is 3.05. The first-order valence-electron chi connectivity index (χ1n) is 11.0. The van der Waals surface area contributed by atoms with Crippen LogP contribution in [0.5, 0.6) is 5.75 Å². The second-order valence-electron chi connectivity index (χ2n) is 8.59. The van der Waals surface area contributed by atoms with Gasteiger partial charge in [-0.3, -0.25) is 19.1 Å². The lowest BCUT2D eigenvalue weighted by molar-refractivity contribution is -0.156. The van der Waals surface area contributed by atoms with Gasteiger partial charge < -0.3 is 19.4 Å². The van der Waals surface area contributed by atoms with E-state index in [2.05, 4.69) is 0 Å². The zero-order chi connectivity index (χ0) is 26.6. The highest BCUT2D eigenvalue weighted by atomic mass is 31.1. The van der Waals surface area contributed by atoms with Crippen molar-refractivity contribution >= 4 is 14.1 Å². The van der Waals surface area contributed by atoms with Crippen molar-refractivity contribution in [2.45, 2.75) is 50.9 Å². The van der Waals surface area contributed by atoms with E-state index >= 15 is 4.39 Å². The summed E-state index contributed by atoms with van der Waals surface area (Å²) in [4.78, 5) is 44.4. The number of H-pyrrole nitrogens is 1. The normalized spacial score (nSPS) is 25.1. The van der Waals surface area contributed by atoms with Crippen molar-refractivity contribution in [3.63, 3.8) is 0 Å². The fourth-order valence-electron chi connectivity index (χ4n) is 3.68. The highest BCUT2D eigenvalue weighted by Gasteiger charge is 2.57. The van der Waals surface area contributed by atoms with Crippen molar-refractivity contribution in [2.24, 2.45) is 5.92 Å². The third-order valence-electron chi connectivity index (χ3n) is 5.59. The minimum Gasteiger partial charge on any atom is -0.468 e. The van der Waals surface area contributed by atoms with Crippen LogP contribution in [0.25, 0.3) is 0 Å². The molecule has 0 amide bonds. The lowest BCUT2D eigenvalue weighted by atomic mass is 9.98. The Labute approximate surface area is 206 Å². The van der Waals surface area contributed by atoms with E-state index in [1.54, 1.807) is 44.2 Å². The number of methoxy groups -OCH3 is 1. The Bertz CT molecular complexity index is 1190. The summed E-state index contributed by atoms with van der Waals surface area (Å²) in [6.45, 7) is 3.83. The summed E-state index contributed by atoms with van der Waals surface area (Å²) in [5.74, 6) is -0.869. The number of carbonyl (C=O) groups is 1. The van der Waals surface area contributed by atoms with Gasteiger partial charge in [0.1, 0.15) is 23.6 Å². The molecule has 6 atom stereocenters. The number of hydrogen-bond donors (Lipinski definition) is 2. The zero-order valence-corrected chi connectivity index (χ0v) is 21.0. The minimum atomic E-state index is -2.89. The third kappa shape index (κ3) is 5.88. The van der Waals surface area contributed by atoms with Crippen molar-refractivity contribution in [1.29, 1.82) is 0 Å². The topological polar surface area (TPSA) is 149 Å². The SMILES string of the molecule is COC(=O)C(C(C)C)N(Oc1ccccc1)[P+](=O)OC[C@H]1O[C@@H](n2ccc(=O)[nH]c2=O)[C@](C)(F)[C@@H]1O. The number of esters is 1. The second-order valence-corrected chi connectivity index (χ2v) is 9.72. The van der Waals surface area contributed by atoms with Gasteiger partial charge in [-0.25, -0.2) is 9.18 Å². The average molecular weight is 528 g/mol. The quantitative estimate of drug-likeness (QED) is 0.265. The van der Waals surface area contributed by atoms with Gasteiger partial charge in [-0.2, -0.15) is 0 Å². The Morgan fingerprint density at radius 1 is 1.31 bits per heavy atom. The van der Waals surface area contributed by atoms with Gasteiger partial charge in [-0.1, -0.05) is 32.0 Å². The van der Waals surface area contributed by atoms with Gasteiger partial charge in [-0.05, 0) is 29.5 Å². The van der Waals surface area contributed by atoms with Gasteiger partial charge in [0.05, 0.1) is 7.11 Å². The summed E-state index contributed by atoms with van der Waals surface area (Å²) in [5.41, 5.74) is -4.08. The van der Waals surface area contributed by atoms with Gasteiger partial charge in [0, 0.05) is 12.3 Å². The number of nitrogens with one attached hydrogen (secondary N) is 1. The fraction of sp³-hybridized carbons (Fsp3) is 0.500. The van der Waals surface area contributed by atoms with E-state index in [1.165, 1.54) is 7.11 Å². The van der Waals surface area contributed by atoms with Crippen molar-refractivity contribution in [3.05, 3.63) is 63.4 Å². The molecule has 0 spiro atoms. The van der Waals surface area contributed by atoms with Gasteiger partial charge in [0.15, 0.2) is 23.7 Å². The van der Waals surface area contributed by atoms with Crippen molar-refractivity contribution in [3.8, 4) is 5.75 Å². The Morgan fingerprint density at radius 3 is 2.56 bits per heavy atom. The van der Waals surface area contributed by atoms with Crippen LogP contribution in [-0.2, 0) is 23.4 Å². The molecule has 2 heterocycles.